The summed E-state index contributed by atoms with van der Waals surface area (Å²) < 4.78 is 0. The third-order valence-corrected chi connectivity index (χ3v) is 2.60. The maximum Gasteiger partial charge on any atom is 0.182 e. The van der Waals surface area contributed by atoms with Gasteiger partial charge in [-0.05, 0) is 19.1 Å². The number of Topliss-reactive ketones (excluding diaryl/α,β-unsaturated/α-hetero) is 1. The third kappa shape index (κ3) is 2.48. The molecule has 2 aromatic rings. The molecule has 0 fully saturated rings. The molecule has 0 aliphatic carbocycles. The van der Waals surface area contributed by atoms with Gasteiger partial charge < -0.3 is 0 Å². The molecule has 0 saturated heterocycles. The van der Waals surface area contributed by atoms with Gasteiger partial charge in [-0.15, -0.1) is 0 Å². The van der Waals surface area contributed by atoms with E-state index in [2.05, 4.69) is 11.1 Å². The van der Waals surface area contributed by atoms with E-state index in [1.165, 1.54) is 0 Å². The monoisotopic (exact) mass is 224 g/mol. The van der Waals surface area contributed by atoms with Crippen molar-refractivity contribution in [2.75, 3.05) is 0 Å². The maximum absolute atomic E-state index is 11.8. The Morgan fingerprint density at radius 1 is 1.35 bits per heavy atom. The normalized spacial score (nSPS) is 12.0. The predicted octanol–water partition coefficient (Wildman–Crippen LogP) is 2.97. The molecule has 0 N–H and O–H groups in total. The Morgan fingerprint density at radius 3 is 2.88 bits per heavy atom. The van der Waals surface area contributed by atoms with E-state index < -0.39 is 0 Å². The molecule has 1 atom stereocenters. The smallest absolute Gasteiger partial charge is 0.182 e. The highest BCUT2D eigenvalue weighted by atomic mass is 16.1. The molecule has 84 valence electrons. The number of benzene rings is 1. The highest BCUT2D eigenvalue weighted by Gasteiger charge is 2.12. The second-order valence-corrected chi connectivity index (χ2v) is 4.05. The second-order valence-electron chi connectivity index (χ2n) is 4.05. The fourth-order valence-corrected chi connectivity index (χ4v) is 1.65. The van der Waals surface area contributed by atoms with Crippen LogP contribution in [-0.2, 0) is 0 Å². The van der Waals surface area contributed by atoms with Crippen LogP contribution in [0.25, 0.3) is 10.9 Å². The van der Waals surface area contributed by atoms with E-state index in [9.17, 15) is 4.79 Å². The van der Waals surface area contributed by atoms with Crippen molar-refractivity contribution < 1.29 is 4.79 Å². The van der Waals surface area contributed by atoms with Gasteiger partial charge >= 0.3 is 0 Å². The zero-order valence-corrected chi connectivity index (χ0v) is 9.55. The quantitative estimate of drug-likeness (QED) is 0.753. The first kappa shape index (κ1) is 11.3. The average molecular weight is 224 g/mol. The summed E-state index contributed by atoms with van der Waals surface area (Å²) in [6, 6.07) is 13.3. The van der Waals surface area contributed by atoms with Crippen LogP contribution in [0.5, 0.6) is 0 Å². The molecular formula is C14H12N2O. The van der Waals surface area contributed by atoms with E-state index in [0.717, 1.165) is 10.9 Å². The average Bonchev–Trinajstić information content (AvgIpc) is 2.38. The summed E-state index contributed by atoms with van der Waals surface area (Å²) in [6.07, 6.45) is 0.224. The summed E-state index contributed by atoms with van der Waals surface area (Å²) in [5.41, 5.74) is 1.24. The number of nitrogens with zero attached hydrogens (tertiary/aromatic N) is 2. The molecule has 17 heavy (non-hydrogen) atoms. The van der Waals surface area contributed by atoms with Crippen molar-refractivity contribution in [3.63, 3.8) is 0 Å². The number of pyridine rings is 1. The summed E-state index contributed by atoms with van der Waals surface area (Å²) in [4.78, 5) is 16.1. The number of aromatic nitrogens is 1. The van der Waals surface area contributed by atoms with Crippen LogP contribution in [0.1, 0.15) is 23.8 Å². The number of carbonyl (C=O) groups excluding carboxylic acids is 1. The van der Waals surface area contributed by atoms with Crippen molar-refractivity contribution in [2.45, 2.75) is 13.3 Å². The number of ketones is 1. The van der Waals surface area contributed by atoms with Gasteiger partial charge in [-0.2, -0.15) is 5.26 Å². The van der Waals surface area contributed by atoms with Gasteiger partial charge in [0, 0.05) is 11.8 Å². The molecule has 0 bridgehead atoms. The van der Waals surface area contributed by atoms with E-state index in [-0.39, 0.29) is 18.1 Å². The second kappa shape index (κ2) is 4.75. The summed E-state index contributed by atoms with van der Waals surface area (Å²) in [6.45, 7) is 1.74. The molecule has 0 spiro atoms. The molecule has 0 aliphatic heterocycles. The van der Waals surface area contributed by atoms with Crippen LogP contribution in [0, 0.1) is 17.2 Å². The molecule has 0 amide bonds. The van der Waals surface area contributed by atoms with Crippen molar-refractivity contribution in [3.8, 4) is 6.07 Å². The van der Waals surface area contributed by atoms with Crippen molar-refractivity contribution in [1.29, 1.82) is 5.26 Å². The lowest BCUT2D eigenvalue weighted by Gasteiger charge is -2.03. The molecule has 1 heterocycles. The van der Waals surface area contributed by atoms with Gasteiger partial charge in [0.15, 0.2) is 5.78 Å². The molecule has 1 aromatic carbocycles. The number of nitriles is 1. The number of carbonyl (C=O) groups is 1. The number of para-hydroxylation sites is 1. The number of hydrogen-bond donors (Lipinski definition) is 0. The number of hydrogen-bond acceptors (Lipinski definition) is 3. The fraction of sp³-hybridized carbons (Fsp3) is 0.214. The molecule has 0 saturated carbocycles. The Hall–Kier alpha value is -2.21. The largest absolute Gasteiger partial charge is 0.292 e. The molecule has 3 heteroatoms. The minimum absolute atomic E-state index is 0.0789. The highest BCUT2D eigenvalue weighted by molar-refractivity contribution is 5.96. The summed E-state index contributed by atoms with van der Waals surface area (Å²) in [5.74, 6) is -0.347. The van der Waals surface area contributed by atoms with Crippen LogP contribution < -0.4 is 0 Å². The topological polar surface area (TPSA) is 53.8 Å². The van der Waals surface area contributed by atoms with Gasteiger partial charge in [0.05, 0.1) is 17.5 Å². The fourth-order valence-electron chi connectivity index (χ4n) is 1.65. The van der Waals surface area contributed by atoms with Crippen LogP contribution >= 0.6 is 0 Å². The maximum atomic E-state index is 11.8. The van der Waals surface area contributed by atoms with Crippen LogP contribution in [0.4, 0.5) is 0 Å². The zero-order valence-electron chi connectivity index (χ0n) is 9.55. The van der Waals surface area contributed by atoms with E-state index in [0.29, 0.717) is 5.69 Å². The molecule has 0 aliphatic rings. The summed E-state index contributed by atoms with van der Waals surface area (Å²) in [7, 11) is 0. The molecule has 1 aromatic heterocycles. The Labute approximate surface area is 99.7 Å². The van der Waals surface area contributed by atoms with Crippen LogP contribution in [0.2, 0.25) is 0 Å². The van der Waals surface area contributed by atoms with E-state index in [1.54, 1.807) is 13.0 Å². The van der Waals surface area contributed by atoms with Crippen molar-refractivity contribution in [2.24, 2.45) is 5.92 Å². The lowest BCUT2D eigenvalue weighted by Crippen LogP contribution is -2.06. The molecule has 1 unspecified atom stereocenters. The first-order valence-corrected chi connectivity index (χ1v) is 5.49. The zero-order chi connectivity index (χ0) is 12.3. The van der Waals surface area contributed by atoms with E-state index >= 15 is 0 Å². The number of rotatable bonds is 3. The van der Waals surface area contributed by atoms with Gasteiger partial charge in [-0.1, -0.05) is 24.3 Å². The van der Waals surface area contributed by atoms with Gasteiger partial charge in [0.1, 0.15) is 5.69 Å². The minimum atomic E-state index is -0.268. The van der Waals surface area contributed by atoms with Gasteiger partial charge in [-0.25, -0.2) is 4.98 Å². The lowest BCUT2D eigenvalue weighted by molar-refractivity contribution is 0.0968. The molecule has 2 rings (SSSR count). The van der Waals surface area contributed by atoms with Gasteiger partial charge in [0.25, 0.3) is 0 Å². The van der Waals surface area contributed by atoms with Gasteiger partial charge in [-0.3, -0.25) is 4.79 Å². The van der Waals surface area contributed by atoms with Crippen LogP contribution in [0.3, 0.4) is 0 Å². The summed E-state index contributed by atoms with van der Waals surface area (Å²) >= 11 is 0. The lowest BCUT2D eigenvalue weighted by atomic mass is 10.0. The van der Waals surface area contributed by atoms with E-state index in [4.69, 9.17) is 5.26 Å². The standard InChI is InChI=1S/C14H12N2O/c1-10(9-15)8-14(17)13-7-6-11-4-2-3-5-12(11)16-13/h2-7,10H,8H2,1H3. The van der Waals surface area contributed by atoms with Crippen molar-refractivity contribution in [3.05, 3.63) is 42.1 Å². The Balaban J connectivity index is 2.31. The molecule has 3 nitrogen and oxygen atoms in total. The van der Waals surface area contributed by atoms with Crippen molar-refractivity contribution in [1.82, 2.24) is 4.98 Å². The summed E-state index contributed by atoms with van der Waals surface area (Å²) in [5, 5.41) is 9.69. The molecular weight excluding hydrogens is 212 g/mol. The van der Waals surface area contributed by atoms with Crippen LogP contribution in [0.15, 0.2) is 36.4 Å². The molecule has 0 radical (unpaired) electrons. The highest BCUT2D eigenvalue weighted by Crippen LogP contribution is 2.14. The number of fused-ring (bicyclic) bond motifs is 1. The minimum Gasteiger partial charge on any atom is -0.292 e. The van der Waals surface area contributed by atoms with Gasteiger partial charge in [0.2, 0.25) is 0 Å². The SMILES string of the molecule is CC(C#N)CC(=O)c1ccc2ccccc2n1. The third-order valence-electron chi connectivity index (χ3n) is 2.60. The van der Waals surface area contributed by atoms with E-state index in [1.807, 2.05) is 30.3 Å². The van der Waals surface area contributed by atoms with Crippen molar-refractivity contribution >= 4 is 16.7 Å². The van der Waals surface area contributed by atoms with Crippen LogP contribution in [-0.4, -0.2) is 10.8 Å². The Bertz CT molecular complexity index is 598. The Morgan fingerprint density at radius 2 is 2.12 bits per heavy atom. The first-order chi connectivity index (χ1) is 8.20. The Kier molecular flexibility index (Phi) is 3.15. The predicted molar refractivity (Wildman–Crippen MR) is 65.5 cm³/mol. The first-order valence-electron chi connectivity index (χ1n) is 5.49.